The van der Waals surface area contributed by atoms with Gasteiger partial charge in [0.1, 0.15) is 24.4 Å². The lowest BCUT2D eigenvalue weighted by Gasteiger charge is -2.22. The van der Waals surface area contributed by atoms with Crippen molar-refractivity contribution in [3.8, 4) is 0 Å². The van der Waals surface area contributed by atoms with Crippen molar-refractivity contribution in [2.24, 2.45) is 0 Å². The van der Waals surface area contributed by atoms with Gasteiger partial charge in [-0.3, -0.25) is 4.57 Å². The molecule has 0 aromatic heterocycles. The number of rotatable bonds is 7. The van der Waals surface area contributed by atoms with E-state index in [9.17, 15) is 9.36 Å². The molecule has 0 spiro atoms. The highest BCUT2D eigenvalue weighted by Crippen LogP contribution is 2.34. The van der Waals surface area contributed by atoms with Crippen molar-refractivity contribution in [1.29, 1.82) is 0 Å². The third kappa shape index (κ3) is 7.78. The zero-order valence-electron chi connectivity index (χ0n) is 12.0. The van der Waals surface area contributed by atoms with E-state index in [1.165, 1.54) is 0 Å². The van der Waals surface area contributed by atoms with E-state index >= 15 is 0 Å². The number of hydrogen-bond acceptors (Lipinski definition) is 8. The van der Waals surface area contributed by atoms with E-state index < -0.39 is 44.9 Å². The molecular weight excluding hydrogens is 331 g/mol. The minimum Gasteiger partial charge on any atom is -0.394 e. The molecule has 0 fully saturated rings. The Bertz CT molecular complexity index is 470. The molecule has 6 atom stereocenters. The van der Waals surface area contributed by atoms with Crippen LogP contribution in [0, 0.1) is 0 Å². The average molecular weight is 352 g/mol. The summed E-state index contributed by atoms with van der Waals surface area (Å²) in [6.07, 6.45) is -6.84. The van der Waals surface area contributed by atoms with Crippen LogP contribution in [0.15, 0.2) is 30.3 Å². The van der Waals surface area contributed by atoms with Crippen molar-refractivity contribution in [1.82, 2.24) is 0 Å². The molecule has 10 heteroatoms. The minimum atomic E-state index is -2.86. The van der Waals surface area contributed by atoms with E-state index in [1.807, 2.05) is 0 Å². The van der Waals surface area contributed by atoms with Gasteiger partial charge in [0.05, 0.1) is 6.61 Å². The van der Waals surface area contributed by atoms with Crippen LogP contribution in [0.3, 0.4) is 0 Å². The van der Waals surface area contributed by atoms with Crippen molar-refractivity contribution >= 4 is 14.3 Å². The Morgan fingerprint density at radius 3 is 1.91 bits per heavy atom. The van der Waals surface area contributed by atoms with Gasteiger partial charge in [-0.1, -0.05) is 30.3 Å². The number of benzene rings is 1. The zero-order chi connectivity index (χ0) is 18.0. The van der Waals surface area contributed by atoms with Gasteiger partial charge in [0.15, 0.2) is 12.1 Å². The van der Waals surface area contributed by atoms with E-state index in [0.717, 1.165) is 0 Å². The average Bonchev–Trinajstić information content (AvgIpc) is 2.59. The van der Waals surface area contributed by atoms with Crippen LogP contribution in [0.4, 0.5) is 0 Å². The molecule has 0 aliphatic heterocycles. The Labute approximate surface area is 133 Å². The molecule has 7 N–H and O–H groups in total. The van der Waals surface area contributed by atoms with Crippen LogP contribution in [0.5, 0.6) is 0 Å². The third-order valence-electron chi connectivity index (χ3n) is 2.77. The summed E-state index contributed by atoms with van der Waals surface area (Å²) in [4.78, 5) is 18.5. The predicted octanol–water partition coefficient (Wildman–Crippen LogP) is -2.23. The normalized spacial score (nSPS) is 18.6. The van der Waals surface area contributed by atoms with E-state index in [4.69, 9.17) is 35.5 Å². The SMILES string of the molecule is O=C[C@H](O)[C@@H](O)[C@H](O)[C@H](O)CO.O=[PH](O)C(O)c1ccccc1. The maximum atomic E-state index is 10.4. The highest BCUT2D eigenvalue weighted by atomic mass is 31.1. The summed E-state index contributed by atoms with van der Waals surface area (Å²) in [6, 6.07) is 8.43. The van der Waals surface area contributed by atoms with Crippen LogP contribution in [0.1, 0.15) is 11.4 Å². The molecule has 2 unspecified atom stereocenters. The smallest absolute Gasteiger partial charge is 0.221 e. The standard InChI is InChI=1S/C7H9O3P.C6H12O6/c8-7(11(9)10)6-4-2-1-3-5-6;7-1-3(9)5(11)6(12)4(10)2-8/h1-5,7-8,11H,(H,9,10);1,3-6,8-12H,2H2/t;3-,4+,5+,6+/m.0/s1. The fourth-order valence-corrected chi connectivity index (χ4v) is 1.87. The van der Waals surface area contributed by atoms with E-state index in [1.54, 1.807) is 30.3 Å². The number of aldehydes is 1. The second kappa shape index (κ2) is 11.4. The zero-order valence-corrected chi connectivity index (χ0v) is 13.0. The van der Waals surface area contributed by atoms with Crippen LogP contribution >= 0.6 is 8.03 Å². The van der Waals surface area contributed by atoms with Gasteiger partial charge in [-0.15, -0.1) is 0 Å². The predicted molar refractivity (Wildman–Crippen MR) is 79.8 cm³/mol. The number of aliphatic hydroxyl groups excluding tert-OH is 6. The second-order valence-electron chi connectivity index (χ2n) is 4.51. The highest BCUT2D eigenvalue weighted by Gasteiger charge is 2.29. The minimum absolute atomic E-state index is 0.0258. The number of aliphatic hydroxyl groups is 6. The topological polar surface area (TPSA) is 176 Å². The van der Waals surface area contributed by atoms with Gasteiger partial charge in [-0.25, -0.2) is 0 Å². The van der Waals surface area contributed by atoms with Crippen LogP contribution in [-0.2, 0) is 9.36 Å². The fourth-order valence-electron chi connectivity index (χ4n) is 1.40. The number of carbonyl (C=O) groups excluding carboxylic acids is 1. The molecule has 0 aliphatic carbocycles. The fraction of sp³-hybridized carbons (Fsp3) is 0.462. The van der Waals surface area contributed by atoms with Crippen LogP contribution in [0.2, 0.25) is 0 Å². The number of hydrogen-bond donors (Lipinski definition) is 7. The maximum Gasteiger partial charge on any atom is 0.221 e. The van der Waals surface area contributed by atoms with Crippen LogP contribution in [0.25, 0.3) is 0 Å². The number of carbonyl (C=O) groups is 1. The quantitative estimate of drug-likeness (QED) is 0.211. The van der Waals surface area contributed by atoms with Gasteiger partial charge in [0.25, 0.3) is 0 Å². The monoisotopic (exact) mass is 352 g/mol. The van der Waals surface area contributed by atoms with Crippen LogP contribution < -0.4 is 0 Å². The van der Waals surface area contributed by atoms with Crippen molar-refractivity contribution in [3.63, 3.8) is 0 Å². The van der Waals surface area contributed by atoms with Gasteiger partial charge in [-0.05, 0) is 5.56 Å². The molecule has 1 rings (SSSR count). The molecule has 0 saturated heterocycles. The van der Waals surface area contributed by atoms with Crippen molar-refractivity contribution in [3.05, 3.63) is 35.9 Å². The molecule has 0 bridgehead atoms. The summed E-state index contributed by atoms with van der Waals surface area (Å²) < 4.78 is 10.4. The molecule has 0 radical (unpaired) electrons. The highest BCUT2D eigenvalue weighted by molar-refractivity contribution is 7.38. The first kappa shape index (κ1) is 21.8. The van der Waals surface area contributed by atoms with Gasteiger partial charge in [0.2, 0.25) is 8.03 Å². The molecule has 23 heavy (non-hydrogen) atoms. The first-order valence-corrected chi connectivity index (χ1v) is 7.93. The summed E-state index contributed by atoms with van der Waals surface area (Å²) in [5.74, 6) is -1.22. The Morgan fingerprint density at radius 1 is 1.00 bits per heavy atom. The van der Waals surface area contributed by atoms with Gasteiger partial charge >= 0.3 is 0 Å². The first-order valence-electron chi connectivity index (χ1n) is 6.50. The van der Waals surface area contributed by atoms with Crippen LogP contribution in [-0.4, -0.2) is 72.8 Å². The summed E-state index contributed by atoms with van der Waals surface area (Å²) in [5.41, 5.74) is 0.485. The second-order valence-corrected chi connectivity index (χ2v) is 5.73. The van der Waals surface area contributed by atoms with E-state index in [0.29, 0.717) is 5.56 Å². The Kier molecular flexibility index (Phi) is 10.8. The summed E-state index contributed by atoms with van der Waals surface area (Å²) in [5, 5.41) is 52.6. The van der Waals surface area contributed by atoms with Crippen molar-refractivity contribution in [2.45, 2.75) is 30.3 Å². The largest absolute Gasteiger partial charge is 0.394 e. The summed E-state index contributed by atoms with van der Waals surface area (Å²) in [6.45, 7) is -0.760. The van der Waals surface area contributed by atoms with E-state index in [2.05, 4.69) is 0 Å². The molecule has 0 aliphatic rings. The Morgan fingerprint density at radius 2 is 1.52 bits per heavy atom. The summed E-state index contributed by atoms with van der Waals surface area (Å²) >= 11 is 0. The van der Waals surface area contributed by atoms with Crippen molar-refractivity contribution < 1.29 is 44.9 Å². The maximum absolute atomic E-state index is 10.4. The molecule has 0 heterocycles. The molecule has 9 nitrogen and oxygen atoms in total. The molecule has 1 aromatic carbocycles. The Hall–Kier alpha value is -1.16. The third-order valence-corrected chi connectivity index (χ3v) is 3.57. The molecule has 0 amide bonds. The van der Waals surface area contributed by atoms with Crippen molar-refractivity contribution in [2.75, 3.05) is 6.61 Å². The lowest BCUT2D eigenvalue weighted by molar-refractivity contribution is -0.136. The molecule has 1 aromatic rings. The lowest BCUT2D eigenvalue weighted by atomic mass is 10.0. The first-order chi connectivity index (χ1) is 10.8. The van der Waals surface area contributed by atoms with Gasteiger partial charge in [-0.2, -0.15) is 0 Å². The summed E-state index contributed by atoms with van der Waals surface area (Å²) in [7, 11) is -2.86. The van der Waals surface area contributed by atoms with Gasteiger partial charge in [0, 0.05) is 0 Å². The Balaban J connectivity index is 0.000000422. The van der Waals surface area contributed by atoms with E-state index in [-0.39, 0.29) is 6.29 Å². The van der Waals surface area contributed by atoms with Gasteiger partial charge < -0.3 is 40.3 Å². The molecular formula is C13H21O9P. The molecule has 0 saturated carbocycles. The lowest BCUT2D eigenvalue weighted by Crippen LogP contribution is -2.46. The molecule has 132 valence electrons.